The molecule has 0 radical (unpaired) electrons. The molecule has 0 saturated heterocycles. The summed E-state index contributed by atoms with van der Waals surface area (Å²) in [5, 5.41) is 7.05. The molecule has 0 aliphatic heterocycles. The maximum atomic E-state index is 5.44. The fraction of sp³-hybridized carbons (Fsp3) is 0.571. The Morgan fingerprint density at radius 2 is 2.54 bits per heavy atom. The van der Waals surface area contributed by atoms with Gasteiger partial charge in [-0.05, 0) is 0 Å². The van der Waals surface area contributed by atoms with Crippen molar-refractivity contribution in [2.45, 2.75) is 6.42 Å². The molecule has 0 atom stereocenters. The number of rotatable bonds is 3. The second-order valence-electron chi connectivity index (χ2n) is 2.62. The minimum Gasteiger partial charge on any atom is -0.370 e. The van der Waals surface area contributed by atoms with Crippen LogP contribution in [-0.4, -0.2) is 34.3 Å². The summed E-state index contributed by atoms with van der Waals surface area (Å²) in [6.45, 7) is 0.702. The quantitative estimate of drug-likeness (QED) is 0.459. The van der Waals surface area contributed by atoms with Crippen molar-refractivity contribution in [1.29, 1.82) is 0 Å². The summed E-state index contributed by atoms with van der Waals surface area (Å²) < 4.78 is 1.67. The summed E-state index contributed by atoms with van der Waals surface area (Å²) in [7, 11) is 3.48. The van der Waals surface area contributed by atoms with Crippen LogP contribution in [0.25, 0.3) is 0 Å². The lowest BCUT2D eigenvalue weighted by atomic mass is 10.4. The molecule has 1 aromatic rings. The van der Waals surface area contributed by atoms with Crippen LogP contribution in [0, 0.1) is 0 Å². The Balaban J connectivity index is 2.28. The number of nitrogens with two attached hydrogens (primary N) is 1. The average molecular weight is 182 g/mol. The van der Waals surface area contributed by atoms with E-state index in [-0.39, 0.29) is 0 Å². The lowest BCUT2D eigenvalue weighted by molar-refractivity contribution is 0.729. The molecular formula is C7H14N6. The molecule has 72 valence electrons. The number of aromatic nitrogens is 3. The monoisotopic (exact) mass is 182 g/mol. The van der Waals surface area contributed by atoms with E-state index in [1.807, 2.05) is 7.05 Å². The van der Waals surface area contributed by atoms with E-state index in [2.05, 4.69) is 20.4 Å². The van der Waals surface area contributed by atoms with Crippen LogP contribution in [0.3, 0.4) is 0 Å². The molecule has 0 fully saturated rings. The number of hydrogen-bond acceptors (Lipinski definition) is 3. The fourth-order valence-electron chi connectivity index (χ4n) is 0.880. The molecule has 6 heteroatoms. The van der Waals surface area contributed by atoms with Gasteiger partial charge in [0.1, 0.15) is 6.33 Å². The highest BCUT2D eigenvalue weighted by Gasteiger charge is 1.97. The van der Waals surface area contributed by atoms with Crippen LogP contribution in [0.5, 0.6) is 0 Å². The highest BCUT2D eigenvalue weighted by molar-refractivity contribution is 5.77. The Morgan fingerprint density at radius 1 is 1.77 bits per heavy atom. The molecule has 6 nitrogen and oxygen atoms in total. The Kier molecular flexibility index (Phi) is 3.24. The Labute approximate surface area is 76.9 Å². The molecule has 1 rings (SSSR count). The van der Waals surface area contributed by atoms with Gasteiger partial charge in [0.25, 0.3) is 0 Å². The van der Waals surface area contributed by atoms with Crippen molar-refractivity contribution in [2.75, 3.05) is 13.6 Å². The van der Waals surface area contributed by atoms with Gasteiger partial charge >= 0.3 is 0 Å². The van der Waals surface area contributed by atoms with Crippen molar-refractivity contribution in [1.82, 2.24) is 20.1 Å². The van der Waals surface area contributed by atoms with Crippen LogP contribution in [0.1, 0.15) is 5.82 Å². The van der Waals surface area contributed by atoms with Crippen molar-refractivity contribution >= 4 is 5.96 Å². The van der Waals surface area contributed by atoms with Crippen LogP contribution >= 0.6 is 0 Å². The molecule has 0 aliphatic rings. The van der Waals surface area contributed by atoms with Gasteiger partial charge in [0, 0.05) is 27.1 Å². The molecule has 0 bridgehead atoms. The second kappa shape index (κ2) is 4.44. The van der Waals surface area contributed by atoms with Crippen molar-refractivity contribution in [2.24, 2.45) is 17.8 Å². The molecule has 1 aromatic heterocycles. The Bertz CT molecular complexity index is 289. The molecule has 1 heterocycles. The molecule has 0 unspecified atom stereocenters. The minimum atomic E-state index is 0.441. The topological polar surface area (TPSA) is 81.1 Å². The van der Waals surface area contributed by atoms with Gasteiger partial charge < -0.3 is 11.1 Å². The highest BCUT2D eigenvalue weighted by Crippen LogP contribution is 1.87. The molecule has 0 saturated carbocycles. The molecule has 3 N–H and O–H groups in total. The van der Waals surface area contributed by atoms with E-state index in [0.717, 1.165) is 12.2 Å². The Morgan fingerprint density at radius 3 is 3.08 bits per heavy atom. The highest BCUT2D eigenvalue weighted by atomic mass is 15.3. The first kappa shape index (κ1) is 9.50. The third kappa shape index (κ3) is 3.10. The van der Waals surface area contributed by atoms with Crippen molar-refractivity contribution < 1.29 is 0 Å². The number of nitrogens with one attached hydrogen (secondary N) is 1. The summed E-state index contributed by atoms with van der Waals surface area (Å²) in [5.41, 5.74) is 5.44. The number of aryl methyl sites for hydroxylation is 1. The normalized spacial score (nSPS) is 11.7. The van der Waals surface area contributed by atoms with E-state index < -0.39 is 0 Å². The van der Waals surface area contributed by atoms with E-state index >= 15 is 0 Å². The second-order valence-corrected chi connectivity index (χ2v) is 2.62. The van der Waals surface area contributed by atoms with E-state index in [1.165, 1.54) is 0 Å². The number of guanidine groups is 1. The summed E-state index contributed by atoms with van der Waals surface area (Å²) in [6.07, 6.45) is 2.42. The summed E-state index contributed by atoms with van der Waals surface area (Å²) in [6, 6.07) is 0. The number of nitrogens with zero attached hydrogens (tertiary/aromatic N) is 4. The smallest absolute Gasteiger partial charge is 0.188 e. The predicted octanol–water partition coefficient (Wildman–Crippen LogP) is -1.11. The van der Waals surface area contributed by atoms with E-state index in [1.54, 1.807) is 18.1 Å². The summed E-state index contributed by atoms with van der Waals surface area (Å²) >= 11 is 0. The molecule has 0 amide bonds. The molecule has 0 aliphatic carbocycles. The van der Waals surface area contributed by atoms with Gasteiger partial charge in [-0.1, -0.05) is 0 Å². The van der Waals surface area contributed by atoms with Crippen molar-refractivity contribution in [3.63, 3.8) is 0 Å². The minimum absolute atomic E-state index is 0.441. The van der Waals surface area contributed by atoms with Crippen LogP contribution in [0.2, 0.25) is 0 Å². The lowest BCUT2D eigenvalue weighted by Gasteiger charge is -2.01. The first-order valence-electron chi connectivity index (χ1n) is 4.03. The van der Waals surface area contributed by atoms with Crippen LogP contribution < -0.4 is 11.1 Å². The zero-order chi connectivity index (χ0) is 9.68. The van der Waals surface area contributed by atoms with Crippen LogP contribution in [0.4, 0.5) is 0 Å². The zero-order valence-corrected chi connectivity index (χ0v) is 7.86. The average Bonchev–Trinajstić information content (AvgIpc) is 2.51. The van der Waals surface area contributed by atoms with Gasteiger partial charge in [0.2, 0.25) is 0 Å². The van der Waals surface area contributed by atoms with Gasteiger partial charge in [0.15, 0.2) is 11.8 Å². The maximum absolute atomic E-state index is 5.44. The van der Waals surface area contributed by atoms with E-state index in [9.17, 15) is 0 Å². The number of aliphatic imine (C=N–C) groups is 1. The molecule has 0 spiro atoms. The summed E-state index contributed by atoms with van der Waals surface area (Å²) in [4.78, 5) is 7.83. The largest absolute Gasteiger partial charge is 0.370 e. The first-order chi connectivity index (χ1) is 6.22. The van der Waals surface area contributed by atoms with Gasteiger partial charge in [-0.15, -0.1) is 0 Å². The molecule has 0 aromatic carbocycles. The SMILES string of the molecule is CN=C(N)NCCc1ncn(C)n1. The van der Waals surface area contributed by atoms with Crippen molar-refractivity contribution in [3.05, 3.63) is 12.2 Å². The van der Waals surface area contributed by atoms with Crippen LogP contribution in [-0.2, 0) is 13.5 Å². The van der Waals surface area contributed by atoms with Crippen LogP contribution in [0.15, 0.2) is 11.3 Å². The third-order valence-electron chi connectivity index (χ3n) is 1.54. The Hall–Kier alpha value is -1.59. The van der Waals surface area contributed by atoms with E-state index in [0.29, 0.717) is 12.5 Å². The summed E-state index contributed by atoms with van der Waals surface area (Å²) in [5.74, 6) is 1.25. The van der Waals surface area contributed by atoms with Crippen molar-refractivity contribution in [3.8, 4) is 0 Å². The van der Waals surface area contributed by atoms with Gasteiger partial charge in [-0.3, -0.25) is 9.67 Å². The lowest BCUT2D eigenvalue weighted by Crippen LogP contribution is -2.33. The molecule has 13 heavy (non-hydrogen) atoms. The number of hydrogen-bond donors (Lipinski definition) is 2. The fourth-order valence-corrected chi connectivity index (χ4v) is 0.880. The predicted molar refractivity (Wildman–Crippen MR) is 50.3 cm³/mol. The van der Waals surface area contributed by atoms with Gasteiger partial charge in [-0.2, -0.15) is 5.10 Å². The van der Waals surface area contributed by atoms with Gasteiger partial charge in [0.05, 0.1) is 0 Å². The zero-order valence-electron chi connectivity index (χ0n) is 7.86. The standard InChI is InChI=1S/C7H14N6/c1-9-7(8)10-4-3-6-11-5-13(2)12-6/h5H,3-4H2,1-2H3,(H3,8,9,10). The van der Waals surface area contributed by atoms with E-state index in [4.69, 9.17) is 5.73 Å². The molecular weight excluding hydrogens is 168 g/mol. The first-order valence-corrected chi connectivity index (χ1v) is 4.03. The maximum Gasteiger partial charge on any atom is 0.188 e. The van der Waals surface area contributed by atoms with Gasteiger partial charge in [-0.25, -0.2) is 4.98 Å². The third-order valence-corrected chi connectivity index (χ3v) is 1.54.